The highest BCUT2D eigenvalue weighted by atomic mass is 16.2. The van der Waals surface area contributed by atoms with Gasteiger partial charge in [-0.25, -0.2) is 0 Å². The van der Waals surface area contributed by atoms with Crippen molar-refractivity contribution in [3.63, 3.8) is 0 Å². The first kappa shape index (κ1) is 13.2. The zero-order valence-electron chi connectivity index (χ0n) is 9.59. The molecule has 14 heavy (non-hydrogen) atoms. The number of carbonyl (C=O) groups excluding carboxylic acids is 1. The fourth-order valence-corrected chi connectivity index (χ4v) is 1.46. The maximum absolute atomic E-state index is 11.4. The van der Waals surface area contributed by atoms with Gasteiger partial charge in [0, 0.05) is 13.1 Å². The van der Waals surface area contributed by atoms with Crippen molar-refractivity contribution >= 4 is 5.91 Å². The summed E-state index contributed by atoms with van der Waals surface area (Å²) < 4.78 is 0. The monoisotopic (exact) mass is 197 g/mol. The fraction of sp³-hybridized carbons (Fsp3) is 0.750. The van der Waals surface area contributed by atoms with Gasteiger partial charge >= 0.3 is 0 Å². The summed E-state index contributed by atoms with van der Waals surface area (Å²) in [5, 5.41) is 0. The zero-order valence-corrected chi connectivity index (χ0v) is 9.59. The molecule has 82 valence electrons. The van der Waals surface area contributed by atoms with Crippen molar-refractivity contribution in [3.8, 4) is 0 Å². The van der Waals surface area contributed by atoms with Crippen molar-refractivity contribution in [1.29, 1.82) is 0 Å². The molecule has 0 fully saturated rings. The third-order valence-electron chi connectivity index (χ3n) is 2.26. The first-order chi connectivity index (χ1) is 6.76. The Morgan fingerprint density at radius 2 is 1.86 bits per heavy atom. The van der Waals surface area contributed by atoms with Gasteiger partial charge in [0.15, 0.2) is 0 Å². The minimum absolute atomic E-state index is 0.0725. The van der Waals surface area contributed by atoms with Crippen molar-refractivity contribution in [2.75, 3.05) is 13.1 Å². The molecule has 2 heteroatoms. The Balaban J connectivity index is 3.73. The molecule has 0 saturated carbocycles. The topological polar surface area (TPSA) is 20.3 Å². The van der Waals surface area contributed by atoms with Crippen LogP contribution in [-0.4, -0.2) is 23.9 Å². The number of unbranched alkanes of at least 4 members (excludes halogenated alkanes) is 3. The molecule has 0 aromatic rings. The Morgan fingerprint density at radius 3 is 2.36 bits per heavy atom. The average Bonchev–Trinajstić information content (AvgIpc) is 2.21. The standard InChI is InChI=1S/C12H23NO/c1-4-7-8-9-11-13(10-5-2)12(14)6-3/h6H,3-5,7-11H2,1-2H3. The van der Waals surface area contributed by atoms with E-state index in [4.69, 9.17) is 0 Å². The molecular formula is C12H23NO. The summed E-state index contributed by atoms with van der Waals surface area (Å²) in [5.41, 5.74) is 0. The molecule has 0 aromatic heterocycles. The van der Waals surface area contributed by atoms with Crippen LogP contribution in [0.4, 0.5) is 0 Å². The van der Waals surface area contributed by atoms with Crippen molar-refractivity contribution in [3.05, 3.63) is 12.7 Å². The van der Waals surface area contributed by atoms with Crippen LogP contribution in [0.25, 0.3) is 0 Å². The summed E-state index contributed by atoms with van der Waals surface area (Å²) in [5.74, 6) is 0.0725. The minimum Gasteiger partial charge on any atom is -0.339 e. The summed E-state index contributed by atoms with van der Waals surface area (Å²) in [6.07, 6.45) is 7.28. The molecule has 0 N–H and O–H groups in total. The molecule has 0 unspecified atom stereocenters. The second-order valence-corrected chi connectivity index (χ2v) is 3.59. The Labute approximate surface area is 88.0 Å². The minimum atomic E-state index is 0.0725. The van der Waals surface area contributed by atoms with Gasteiger partial charge in [-0.3, -0.25) is 4.79 Å². The number of carbonyl (C=O) groups is 1. The van der Waals surface area contributed by atoms with Crippen LogP contribution in [0, 0.1) is 0 Å². The Hall–Kier alpha value is -0.790. The van der Waals surface area contributed by atoms with Crippen LogP contribution in [0.5, 0.6) is 0 Å². The number of hydrogen-bond acceptors (Lipinski definition) is 1. The van der Waals surface area contributed by atoms with E-state index in [1.54, 1.807) is 0 Å². The van der Waals surface area contributed by atoms with Gasteiger partial charge in [0.2, 0.25) is 5.91 Å². The second-order valence-electron chi connectivity index (χ2n) is 3.59. The second kappa shape index (κ2) is 8.79. The van der Waals surface area contributed by atoms with Crippen molar-refractivity contribution in [1.82, 2.24) is 4.90 Å². The molecule has 1 amide bonds. The first-order valence-corrected chi connectivity index (χ1v) is 5.67. The van der Waals surface area contributed by atoms with Crippen LogP contribution in [0.2, 0.25) is 0 Å². The number of hydrogen-bond donors (Lipinski definition) is 0. The molecule has 0 aliphatic rings. The normalized spacial score (nSPS) is 9.86. The van der Waals surface area contributed by atoms with Crippen LogP contribution < -0.4 is 0 Å². The van der Waals surface area contributed by atoms with E-state index < -0.39 is 0 Å². The smallest absolute Gasteiger partial charge is 0.245 e. The predicted octanol–water partition coefficient (Wildman–Crippen LogP) is 2.99. The maximum atomic E-state index is 11.4. The summed E-state index contributed by atoms with van der Waals surface area (Å²) in [7, 11) is 0. The van der Waals surface area contributed by atoms with Crippen molar-refractivity contribution < 1.29 is 4.79 Å². The van der Waals surface area contributed by atoms with Crippen LogP contribution >= 0.6 is 0 Å². The van der Waals surface area contributed by atoms with Gasteiger partial charge in [-0.15, -0.1) is 0 Å². The summed E-state index contributed by atoms with van der Waals surface area (Å²) >= 11 is 0. The Kier molecular flexibility index (Phi) is 8.30. The third-order valence-corrected chi connectivity index (χ3v) is 2.26. The van der Waals surface area contributed by atoms with Crippen LogP contribution in [0.15, 0.2) is 12.7 Å². The van der Waals surface area contributed by atoms with E-state index in [9.17, 15) is 4.79 Å². The molecule has 0 heterocycles. The van der Waals surface area contributed by atoms with E-state index in [0.717, 1.165) is 25.9 Å². The first-order valence-electron chi connectivity index (χ1n) is 5.67. The molecule has 0 spiro atoms. The number of nitrogens with zero attached hydrogens (tertiary/aromatic N) is 1. The van der Waals surface area contributed by atoms with Gasteiger partial charge in [0.1, 0.15) is 0 Å². The SMILES string of the molecule is C=CC(=O)N(CCC)CCCCCC. The molecule has 0 rings (SSSR count). The van der Waals surface area contributed by atoms with Crippen molar-refractivity contribution in [2.45, 2.75) is 46.0 Å². The highest BCUT2D eigenvalue weighted by Crippen LogP contribution is 2.02. The van der Waals surface area contributed by atoms with E-state index in [0.29, 0.717) is 0 Å². The van der Waals surface area contributed by atoms with Gasteiger partial charge in [-0.1, -0.05) is 39.7 Å². The average molecular weight is 197 g/mol. The molecule has 0 radical (unpaired) electrons. The van der Waals surface area contributed by atoms with Gasteiger partial charge < -0.3 is 4.90 Å². The summed E-state index contributed by atoms with van der Waals surface area (Å²) in [6, 6.07) is 0. The highest BCUT2D eigenvalue weighted by Gasteiger charge is 2.07. The third kappa shape index (κ3) is 5.79. The quantitative estimate of drug-likeness (QED) is 0.433. The lowest BCUT2D eigenvalue weighted by Gasteiger charge is -2.20. The van der Waals surface area contributed by atoms with E-state index in [1.165, 1.54) is 25.3 Å². The van der Waals surface area contributed by atoms with E-state index >= 15 is 0 Å². The van der Waals surface area contributed by atoms with Gasteiger partial charge in [-0.2, -0.15) is 0 Å². The summed E-state index contributed by atoms with van der Waals surface area (Å²) in [6.45, 7) is 9.55. The maximum Gasteiger partial charge on any atom is 0.245 e. The van der Waals surface area contributed by atoms with Crippen molar-refractivity contribution in [2.24, 2.45) is 0 Å². The van der Waals surface area contributed by atoms with Crippen LogP contribution in [0.3, 0.4) is 0 Å². The number of rotatable bonds is 8. The Morgan fingerprint density at radius 1 is 1.14 bits per heavy atom. The molecule has 2 nitrogen and oxygen atoms in total. The van der Waals surface area contributed by atoms with Crippen LogP contribution in [0.1, 0.15) is 46.0 Å². The molecule has 0 saturated heterocycles. The summed E-state index contributed by atoms with van der Waals surface area (Å²) in [4.78, 5) is 13.3. The molecule has 0 aliphatic carbocycles. The molecule has 0 atom stereocenters. The molecule has 0 aromatic carbocycles. The van der Waals surface area contributed by atoms with Gasteiger partial charge in [0.05, 0.1) is 0 Å². The van der Waals surface area contributed by atoms with E-state index in [-0.39, 0.29) is 5.91 Å². The van der Waals surface area contributed by atoms with Gasteiger partial charge in [0.25, 0.3) is 0 Å². The largest absolute Gasteiger partial charge is 0.339 e. The molecule has 0 aliphatic heterocycles. The zero-order chi connectivity index (χ0) is 10.8. The lowest BCUT2D eigenvalue weighted by molar-refractivity contribution is -0.126. The molecular weight excluding hydrogens is 174 g/mol. The molecule has 0 bridgehead atoms. The lowest BCUT2D eigenvalue weighted by Crippen LogP contribution is -2.31. The van der Waals surface area contributed by atoms with Gasteiger partial charge in [-0.05, 0) is 18.9 Å². The number of amides is 1. The predicted molar refractivity (Wildman–Crippen MR) is 61.2 cm³/mol. The highest BCUT2D eigenvalue weighted by molar-refractivity contribution is 5.86. The Bertz CT molecular complexity index is 166. The van der Waals surface area contributed by atoms with E-state index in [2.05, 4.69) is 20.4 Å². The van der Waals surface area contributed by atoms with Crippen LogP contribution in [-0.2, 0) is 4.79 Å². The fourth-order valence-electron chi connectivity index (χ4n) is 1.46. The van der Waals surface area contributed by atoms with E-state index in [1.807, 2.05) is 4.90 Å². The lowest BCUT2D eigenvalue weighted by atomic mass is 10.2.